The number of thioether (sulfide) groups is 1. The van der Waals surface area contributed by atoms with Gasteiger partial charge in [-0.3, -0.25) is 4.79 Å². The zero-order chi connectivity index (χ0) is 24.3. The number of nitrogens with one attached hydrogen (secondary N) is 1. The number of hydrogen-bond acceptors (Lipinski definition) is 7. The third kappa shape index (κ3) is 4.90. The van der Waals surface area contributed by atoms with Crippen molar-refractivity contribution in [2.24, 2.45) is 0 Å². The Balaban J connectivity index is 1.61. The predicted octanol–water partition coefficient (Wildman–Crippen LogP) is 4.77. The van der Waals surface area contributed by atoms with Crippen LogP contribution in [0.2, 0.25) is 0 Å². The standard InChI is InChI=1S/C25H23NO6S2/c1-30-17-9-7-16(8-10-17)13-24-25(27)26-20-14-18(11-12-23(20)33-24)34(28,29)15-19-21(31-2)5-4-6-22(19)32-3/h4-14H,15H2,1-3H3,(H,26,27). The summed E-state index contributed by atoms with van der Waals surface area (Å²) in [7, 11) is 0.808. The molecule has 0 bridgehead atoms. The van der Waals surface area contributed by atoms with Crippen LogP contribution >= 0.6 is 11.8 Å². The molecule has 1 aliphatic heterocycles. The number of ether oxygens (including phenoxy) is 3. The lowest BCUT2D eigenvalue weighted by Crippen LogP contribution is -2.18. The summed E-state index contributed by atoms with van der Waals surface area (Å²) in [5, 5.41) is 2.81. The maximum atomic E-state index is 13.2. The first-order chi connectivity index (χ1) is 16.3. The minimum Gasteiger partial charge on any atom is -0.497 e. The summed E-state index contributed by atoms with van der Waals surface area (Å²) in [4.78, 5) is 14.1. The number of sulfone groups is 1. The van der Waals surface area contributed by atoms with E-state index in [-0.39, 0.29) is 16.6 Å². The summed E-state index contributed by atoms with van der Waals surface area (Å²) < 4.78 is 42.2. The van der Waals surface area contributed by atoms with Crippen LogP contribution in [0.3, 0.4) is 0 Å². The number of rotatable bonds is 7. The van der Waals surface area contributed by atoms with E-state index in [1.807, 2.05) is 24.3 Å². The first-order valence-corrected chi connectivity index (χ1v) is 12.7. The van der Waals surface area contributed by atoms with Gasteiger partial charge in [0.2, 0.25) is 0 Å². The van der Waals surface area contributed by atoms with E-state index in [0.717, 1.165) is 16.2 Å². The summed E-state index contributed by atoms with van der Waals surface area (Å²) in [6.07, 6.45) is 1.78. The van der Waals surface area contributed by atoms with Gasteiger partial charge in [0.1, 0.15) is 17.2 Å². The van der Waals surface area contributed by atoms with Crippen molar-refractivity contribution in [1.29, 1.82) is 0 Å². The van der Waals surface area contributed by atoms with Crippen molar-refractivity contribution >= 4 is 39.3 Å². The molecule has 9 heteroatoms. The molecule has 0 spiro atoms. The van der Waals surface area contributed by atoms with E-state index < -0.39 is 9.84 Å². The number of benzene rings is 3. The van der Waals surface area contributed by atoms with Crippen LogP contribution in [0.1, 0.15) is 11.1 Å². The number of fused-ring (bicyclic) bond motifs is 1. The highest BCUT2D eigenvalue weighted by Crippen LogP contribution is 2.41. The van der Waals surface area contributed by atoms with E-state index in [2.05, 4.69) is 5.32 Å². The Labute approximate surface area is 202 Å². The molecule has 1 heterocycles. The third-order valence-electron chi connectivity index (χ3n) is 5.28. The van der Waals surface area contributed by atoms with Crippen molar-refractivity contribution in [3.05, 3.63) is 76.7 Å². The molecule has 0 atom stereocenters. The summed E-state index contributed by atoms with van der Waals surface area (Å²) in [5.74, 6) is 0.987. The van der Waals surface area contributed by atoms with Gasteiger partial charge in [0.05, 0.1) is 48.1 Å². The number of carbonyl (C=O) groups excluding carboxylic acids is 1. The minimum absolute atomic E-state index is 0.0997. The molecule has 3 aromatic carbocycles. The van der Waals surface area contributed by atoms with Crippen LogP contribution in [-0.2, 0) is 20.4 Å². The second kappa shape index (κ2) is 9.82. The smallest absolute Gasteiger partial charge is 0.262 e. The fourth-order valence-corrected chi connectivity index (χ4v) is 5.86. The third-order valence-corrected chi connectivity index (χ3v) is 8.02. The van der Waals surface area contributed by atoms with Gasteiger partial charge in [-0.25, -0.2) is 8.42 Å². The highest BCUT2D eigenvalue weighted by atomic mass is 32.2. The first-order valence-electron chi connectivity index (χ1n) is 10.3. The average molecular weight is 498 g/mol. The van der Waals surface area contributed by atoms with Crippen LogP contribution in [0.25, 0.3) is 6.08 Å². The van der Waals surface area contributed by atoms with Gasteiger partial charge in [-0.05, 0) is 54.1 Å². The van der Waals surface area contributed by atoms with E-state index in [0.29, 0.717) is 27.7 Å². The quantitative estimate of drug-likeness (QED) is 0.470. The maximum Gasteiger partial charge on any atom is 0.262 e. The summed E-state index contributed by atoms with van der Waals surface area (Å²) in [6, 6.07) is 17.2. The molecule has 4 rings (SSSR count). The number of carbonyl (C=O) groups is 1. The van der Waals surface area contributed by atoms with E-state index >= 15 is 0 Å². The summed E-state index contributed by atoms with van der Waals surface area (Å²) >= 11 is 1.29. The molecular weight excluding hydrogens is 474 g/mol. The van der Waals surface area contributed by atoms with Gasteiger partial charge in [0.25, 0.3) is 5.91 Å². The molecule has 7 nitrogen and oxygen atoms in total. The zero-order valence-corrected chi connectivity index (χ0v) is 20.5. The topological polar surface area (TPSA) is 90.9 Å². The van der Waals surface area contributed by atoms with Crippen LogP contribution in [0, 0.1) is 0 Å². The molecule has 0 aliphatic carbocycles. The fraction of sp³-hybridized carbons (Fsp3) is 0.160. The van der Waals surface area contributed by atoms with Gasteiger partial charge in [-0.1, -0.05) is 30.0 Å². The highest BCUT2D eigenvalue weighted by molar-refractivity contribution is 8.04. The maximum absolute atomic E-state index is 13.2. The lowest BCUT2D eigenvalue weighted by Gasteiger charge is -2.20. The highest BCUT2D eigenvalue weighted by Gasteiger charge is 2.26. The fourth-order valence-electron chi connectivity index (χ4n) is 3.53. The summed E-state index contributed by atoms with van der Waals surface area (Å²) in [6.45, 7) is 0. The zero-order valence-electron chi connectivity index (χ0n) is 18.8. The molecule has 1 amide bonds. The molecular formula is C25H23NO6S2. The van der Waals surface area contributed by atoms with E-state index in [4.69, 9.17) is 14.2 Å². The molecule has 0 saturated carbocycles. The van der Waals surface area contributed by atoms with Crippen LogP contribution in [0.4, 0.5) is 5.69 Å². The Hall–Kier alpha value is -3.43. The van der Waals surface area contributed by atoms with Gasteiger partial charge in [-0.15, -0.1) is 0 Å². The Bertz CT molecular complexity index is 1340. The van der Waals surface area contributed by atoms with E-state index in [1.165, 1.54) is 32.0 Å². The Morgan fingerprint density at radius 1 is 0.912 bits per heavy atom. The normalized spacial score (nSPS) is 14.3. The van der Waals surface area contributed by atoms with Crippen LogP contribution < -0.4 is 19.5 Å². The molecule has 0 aromatic heterocycles. The number of amides is 1. The van der Waals surface area contributed by atoms with Crippen LogP contribution in [0.15, 0.2) is 75.4 Å². The van der Waals surface area contributed by atoms with Gasteiger partial charge in [0.15, 0.2) is 9.84 Å². The molecule has 0 unspecified atom stereocenters. The molecule has 1 aliphatic rings. The number of hydrogen-bond donors (Lipinski definition) is 1. The Kier molecular flexibility index (Phi) is 6.85. The lowest BCUT2D eigenvalue weighted by atomic mass is 10.2. The number of methoxy groups -OCH3 is 3. The van der Waals surface area contributed by atoms with Gasteiger partial charge in [0, 0.05) is 4.90 Å². The molecule has 0 fully saturated rings. The molecule has 0 saturated heterocycles. The van der Waals surface area contributed by atoms with Gasteiger partial charge >= 0.3 is 0 Å². The predicted molar refractivity (Wildman–Crippen MR) is 132 cm³/mol. The SMILES string of the molecule is COc1ccc(C=C2Sc3ccc(S(=O)(=O)Cc4c(OC)cccc4OC)cc3NC2=O)cc1. The Morgan fingerprint density at radius 3 is 2.21 bits per heavy atom. The molecule has 3 aromatic rings. The minimum atomic E-state index is -3.75. The van der Waals surface area contributed by atoms with Crippen molar-refractivity contribution in [3.8, 4) is 17.2 Å². The molecule has 176 valence electrons. The van der Waals surface area contributed by atoms with Crippen LogP contribution in [0.5, 0.6) is 17.2 Å². The average Bonchev–Trinajstić information content (AvgIpc) is 2.84. The van der Waals surface area contributed by atoms with E-state index in [9.17, 15) is 13.2 Å². The monoisotopic (exact) mass is 497 g/mol. The molecule has 1 N–H and O–H groups in total. The van der Waals surface area contributed by atoms with Crippen molar-refractivity contribution < 1.29 is 27.4 Å². The van der Waals surface area contributed by atoms with Crippen molar-refractivity contribution in [2.45, 2.75) is 15.5 Å². The van der Waals surface area contributed by atoms with Crippen molar-refractivity contribution in [3.63, 3.8) is 0 Å². The van der Waals surface area contributed by atoms with Gasteiger partial charge < -0.3 is 19.5 Å². The molecule has 34 heavy (non-hydrogen) atoms. The van der Waals surface area contributed by atoms with E-state index in [1.54, 1.807) is 43.5 Å². The largest absolute Gasteiger partial charge is 0.497 e. The second-order valence-corrected chi connectivity index (χ2v) is 10.5. The van der Waals surface area contributed by atoms with Gasteiger partial charge in [-0.2, -0.15) is 0 Å². The molecule has 0 radical (unpaired) electrons. The lowest BCUT2D eigenvalue weighted by molar-refractivity contribution is -0.112. The second-order valence-electron chi connectivity index (χ2n) is 7.40. The van der Waals surface area contributed by atoms with Crippen molar-refractivity contribution in [1.82, 2.24) is 0 Å². The van der Waals surface area contributed by atoms with Crippen LogP contribution in [-0.4, -0.2) is 35.7 Å². The van der Waals surface area contributed by atoms with Crippen molar-refractivity contribution in [2.75, 3.05) is 26.6 Å². The Morgan fingerprint density at radius 2 is 1.59 bits per heavy atom. The number of anilines is 1. The first kappa shape index (κ1) is 23.7. The summed E-state index contributed by atoms with van der Waals surface area (Å²) in [5.41, 5.74) is 1.75.